The molecule has 2 rings (SSSR count). The lowest BCUT2D eigenvalue weighted by molar-refractivity contribution is -0.146. The Bertz CT molecular complexity index is 728. The van der Waals surface area contributed by atoms with Gasteiger partial charge in [0.25, 0.3) is 10.1 Å². The maximum atomic E-state index is 12.6. The number of esters is 1. The fourth-order valence-corrected chi connectivity index (χ4v) is 5.40. The second-order valence-corrected chi connectivity index (χ2v) is 11.5. The van der Waals surface area contributed by atoms with E-state index in [0.717, 1.165) is 5.56 Å². The number of carbonyl (C=O) groups excluding carboxylic acids is 1. The zero-order valence-corrected chi connectivity index (χ0v) is 18.5. The molecular formula is C17H22Br2O5S. The minimum absolute atomic E-state index is 0.0925. The smallest absolute Gasteiger partial charge is 0.309 e. The van der Waals surface area contributed by atoms with Crippen LogP contribution in [0, 0.1) is 24.2 Å². The van der Waals surface area contributed by atoms with Crippen LogP contribution in [-0.4, -0.2) is 30.8 Å². The number of hydrogen-bond acceptors (Lipinski definition) is 5. The van der Waals surface area contributed by atoms with Crippen molar-refractivity contribution in [1.29, 1.82) is 0 Å². The van der Waals surface area contributed by atoms with Crippen molar-refractivity contribution in [1.82, 2.24) is 0 Å². The highest BCUT2D eigenvalue weighted by Crippen LogP contribution is 2.62. The van der Waals surface area contributed by atoms with Crippen molar-refractivity contribution in [2.45, 2.75) is 42.4 Å². The third kappa shape index (κ3) is 4.46. The molecule has 3 atom stereocenters. The van der Waals surface area contributed by atoms with Gasteiger partial charge in [-0.2, -0.15) is 8.42 Å². The third-order valence-electron chi connectivity index (χ3n) is 4.60. The number of carbonyl (C=O) groups is 1. The number of hydrogen-bond donors (Lipinski definition) is 0. The van der Waals surface area contributed by atoms with Crippen molar-refractivity contribution in [3.63, 3.8) is 0 Å². The molecule has 0 aromatic heterocycles. The zero-order valence-electron chi connectivity index (χ0n) is 14.5. The molecule has 1 aliphatic carbocycles. The first kappa shape index (κ1) is 20.9. The van der Waals surface area contributed by atoms with Crippen molar-refractivity contribution in [3.05, 3.63) is 29.8 Å². The van der Waals surface area contributed by atoms with Crippen LogP contribution in [0.1, 0.15) is 26.3 Å². The van der Waals surface area contributed by atoms with E-state index in [9.17, 15) is 13.2 Å². The molecule has 0 aliphatic heterocycles. The second-order valence-electron chi connectivity index (χ2n) is 6.74. The van der Waals surface area contributed by atoms with Gasteiger partial charge < -0.3 is 4.74 Å². The monoisotopic (exact) mass is 496 g/mol. The molecule has 0 spiro atoms. The van der Waals surface area contributed by atoms with Gasteiger partial charge in [0, 0.05) is 5.92 Å². The van der Waals surface area contributed by atoms with E-state index in [1.165, 1.54) is 12.1 Å². The summed E-state index contributed by atoms with van der Waals surface area (Å²) < 4.78 is 35.4. The molecule has 140 valence electrons. The van der Waals surface area contributed by atoms with E-state index in [2.05, 4.69) is 31.9 Å². The SMILES string of the molecule is CCOC(=O)C1C(C(OS(=O)(=O)c2ccc(C)cc2)C(Br)Br)C1(C)C. The molecule has 1 fully saturated rings. The van der Waals surface area contributed by atoms with Crippen LogP contribution >= 0.6 is 31.9 Å². The van der Waals surface area contributed by atoms with E-state index < -0.39 is 31.3 Å². The van der Waals surface area contributed by atoms with Gasteiger partial charge in [-0.15, -0.1) is 0 Å². The fraction of sp³-hybridized carbons (Fsp3) is 0.588. The van der Waals surface area contributed by atoms with Gasteiger partial charge in [0.2, 0.25) is 0 Å². The molecular weight excluding hydrogens is 476 g/mol. The van der Waals surface area contributed by atoms with Crippen molar-refractivity contribution in [3.8, 4) is 0 Å². The maximum Gasteiger partial charge on any atom is 0.309 e. The predicted molar refractivity (Wildman–Crippen MR) is 102 cm³/mol. The van der Waals surface area contributed by atoms with E-state index >= 15 is 0 Å². The van der Waals surface area contributed by atoms with Crippen LogP contribution in [0.25, 0.3) is 0 Å². The molecule has 0 radical (unpaired) electrons. The molecule has 1 aromatic carbocycles. The van der Waals surface area contributed by atoms with Gasteiger partial charge in [0.05, 0.1) is 21.2 Å². The summed E-state index contributed by atoms with van der Waals surface area (Å²) in [7, 11) is -3.95. The van der Waals surface area contributed by atoms with E-state index in [1.54, 1.807) is 19.1 Å². The highest BCUT2D eigenvalue weighted by Gasteiger charge is 2.67. The number of alkyl halides is 2. The molecule has 5 nitrogen and oxygen atoms in total. The summed E-state index contributed by atoms with van der Waals surface area (Å²) in [6.45, 7) is 7.74. The van der Waals surface area contributed by atoms with Crippen LogP contribution in [0.4, 0.5) is 0 Å². The fourth-order valence-electron chi connectivity index (χ4n) is 3.14. The van der Waals surface area contributed by atoms with E-state index in [4.69, 9.17) is 8.92 Å². The average Bonchev–Trinajstić information content (AvgIpc) is 3.07. The number of rotatable bonds is 7. The molecule has 0 N–H and O–H groups in total. The van der Waals surface area contributed by atoms with E-state index in [-0.39, 0.29) is 23.4 Å². The van der Waals surface area contributed by atoms with Crippen molar-refractivity contribution in [2.75, 3.05) is 6.61 Å². The summed E-state index contributed by atoms with van der Waals surface area (Å²) in [5, 5.41) is 0. The van der Waals surface area contributed by atoms with Crippen LogP contribution in [0.5, 0.6) is 0 Å². The molecule has 25 heavy (non-hydrogen) atoms. The lowest BCUT2D eigenvalue weighted by atomic mass is 10.1. The van der Waals surface area contributed by atoms with Crippen molar-refractivity contribution >= 4 is 47.9 Å². The number of ether oxygens (including phenoxy) is 1. The molecule has 1 aromatic rings. The van der Waals surface area contributed by atoms with Crippen LogP contribution in [-0.2, 0) is 23.8 Å². The van der Waals surface area contributed by atoms with Crippen molar-refractivity contribution in [2.24, 2.45) is 17.3 Å². The minimum atomic E-state index is -3.95. The van der Waals surface area contributed by atoms with Gasteiger partial charge in [0.15, 0.2) is 0 Å². The Hall–Kier alpha value is -0.440. The summed E-state index contributed by atoms with van der Waals surface area (Å²) in [5.74, 6) is -1.00. The molecule has 8 heteroatoms. The average molecular weight is 498 g/mol. The largest absolute Gasteiger partial charge is 0.466 e. The van der Waals surface area contributed by atoms with Crippen LogP contribution in [0.3, 0.4) is 0 Å². The van der Waals surface area contributed by atoms with Gasteiger partial charge in [-0.05, 0) is 31.4 Å². The van der Waals surface area contributed by atoms with Gasteiger partial charge in [-0.25, -0.2) is 0 Å². The first-order valence-electron chi connectivity index (χ1n) is 7.97. The Balaban J connectivity index is 2.25. The Morgan fingerprint density at radius 1 is 1.24 bits per heavy atom. The van der Waals surface area contributed by atoms with Gasteiger partial charge in [0.1, 0.15) is 6.10 Å². The Morgan fingerprint density at radius 3 is 2.28 bits per heavy atom. The van der Waals surface area contributed by atoms with E-state index in [0.29, 0.717) is 0 Å². The topological polar surface area (TPSA) is 69.7 Å². The van der Waals surface area contributed by atoms with Gasteiger partial charge >= 0.3 is 5.97 Å². The van der Waals surface area contributed by atoms with Crippen LogP contribution in [0.2, 0.25) is 0 Å². The first-order chi connectivity index (χ1) is 11.5. The molecule has 0 amide bonds. The highest BCUT2D eigenvalue weighted by molar-refractivity contribution is 9.24. The van der Waals surface area contributed by atoms with Crippen molar-refractivity contribution < 1.29 is 22.1 Å². The second kappa shape index (κ2) is 7.66. The Morgan fingerprint density at radius 2 is 1.80 bits per heavy atom. The predicted octanol–water partition coefficient (Wildman–Crippen LogP) is 4.02. The molecule has 3 unspecified atom stereocenters. The minimum Gasteiger partial charge on any atom is -0.466 e. The van der Waals surface area contributed by atoms with Gasteiger partial charge in [-0.1, -0.05) is 63.4 Å². The van der Waals surface area contributed by atoms with E-state index in [1.807, 2.05) is 20.8 Å². The van der Waals surface area contributed by atoms with Gasteiger partial charge in [-0.3, -0.25) is 8.98 Å². The van der Waals surface area contributed by atoms with Crippen LogP contribution < -0.4 is 0 Å². The molecule has 0 bridgehead atoms. The lowest BCUT2D eigenvalue weighted by Crippen LogP contribution is -2.29. The summed E-state index contributed by atoms with van der Waals surface area (Å²) in [6, 6.07) is 6.46. The normalized spacial score (nSPS) is 23.3. The number of aryl methyl sites for hydroxylation is 1. The quantitative estimate of drug-likeness (QED) is 0.323. The summed E-state index contributed by atoms with van der Waals surface area (Å²) in [5.41, 5.74) is 0.555. The van der Waals surface area contributed by atoms with Crippen LogP contribution in [0.15, 0.2) is 29.2 Å². The summed E-state index contributed by atoms with van der Waals surface area (Å²) in [4.78, 5) is 12.3. The highest BCUT2D eigenvalue weighted by atomic mass is 79.9. The Kier molecular flexibility index (Phi) is 6.40. The molecule has 1 aliphatic rings. The zero-order chi connectivity index (χ0) is 19.0. The number of benzene rings is 1. The molecule has 1 saturated carbocycles. The third-order valence-corrected chi connectivity index (χ3v) is 6.97. The number of halogens is 2. The summed E-state index contributed by atoms with van der Waals surface area (Å²) in [6.07, 6.45) is -0.740. The standard InChI is InChI=1S/C17H22Br2O5S/c1-5-23-16(20)13-12(17(13,3)4)14(15(18)19)24-25(21,22)11-8-6-10(2)7-9-11/h6-9,12-15H,5H2,1-4H3. The Labute approximate surface area is 165 Å². The summed E-state index contributed by atoms with van der Waals surface area (Å²) >= 11 is 6.72. The maximum absolute atomic E-state index is 12.6. The lowest BCUT2D eigenvalue weighted by Gasteiger charge is -2.20. The molecule has 0 heterocycles. The first-order valence-corrected chi connectivity index (χ1v) is 11.2. The molecule has 0 saturated heterocycles.